The highest BCUT2D eigenvalue weighted by Gasteiger charge is 2.44. The van der Waals surface area contributed by atoms with Crippen molar-refractivity contribution >= 4 is 17.5 Å². The number of amides is 1. The number of piperazine rings is 1. The third-order valence-corrected chi connectivity index (χ3v) is 6.07. The molecule has 3 fully saturated rings. The molecule has 142 valence electrons. The van der Waals surface area contributed by atoms with Crippen molar-refractivity contribution in [1.29, 1.82) is 0 Å². The Morgan fingerprint density at radius 3 is 2.85 bits per heavy atom. The summed E-state index contributed by atoms with van der Waals surface area (Å²) >= 11 is 5.87. The summed E-state index contributed by atoms with van der Waals surface area (Å²) in [4.78, 5) is 17.6. The van der Waals surface area contributed by atoms with Gasteiger partial charge in [-0.25, -0.2) is 4.39 Å². The van der Waals surface area contributed by atoms with Gasteiger partial charge in [0, 0.05) is 13.1 Å². The van der Waals surface area contributed by atoms with Gasteiger partial charge in [0.05, 0.1) is 42.8 Å². The Labute approximate surface area is 158 Å². The first-order chi connectivity index (χ1) is 12.6. The van der Waals surface area contributed by atoms with Crippen LogP contribution in [0.5, 0.6) is 0 Å². The lowest BCUT2D eigenvalue weighted by molar-refractivity contribution is -0.142. The maximum atomic E-state index is 13.4. The van der Waals surface area contributed by atoms with Crippen LogP contribution in [0, 0.1) is 5.82 Å². The molecule has 0 radical (unpaired) electrons. The van der Waals surface area contributed by atoms with Crippen molar-refractivity contribution in [3.8, 4) is 0 Å². The third kappa shape index (κ3) is 3.60. The lowest BCUT2D eigenvalue weighted by Crippen LogP contribution is -2.70. The minimum atomic E-state index is -0.455. The molecular weight excluding hydrogens is 357 g/mol. The highest BCUT2D eigenvalue weighted by molar-refractivity contribution is 6.30. The number of fused-ring (bicyclic) bond motifs is 1. The maximum absolute atomic E-state index is 13.4. The number of halogens is 2. The lowest BCUT2D eigenvalue weighted by Gasteiger charge is -2.50. The molecule has 1 unspecified atom stereocenters. The zero-order chi connectivity index (χ0) is 18.1. The second-order valence-electron chi connectivity index (χ2n) is 7.41. The van der Waals surface area contributed by atoms with Crippen LogP contribution in [-0.2, 0) is 16.0 Å². The smallest absolute Gasteiger partial charge is 0.227 e. The van der Waals surface area contributed by atoms with Gasteiger partial charge in [-0.1, -0.05) is 17.7 Å². The average molecular weight is 382 g/mol. The Hall–Kier alpha value is -1.21. The van der Waals surface area contributed by atoms with Gasteiger partial charge >= 0.3 is 0 Å². The van der Waals surface area contributed by atoms with E-state index < -0.39 is 5.82 Å². The number of carbonyl (C=O) groups is 1. The zero-order valence-electron chi connectivity index (χ0n) is 14.8. The van der Waals surface area contributed by atoms with E-state index in [0.717, 1.165) is 25.2 Å². The van der Waals surface area contributed by atoms with Gasteiger partial charge in [0.2, 0.25) is 5.91 Å². The van der Waals surface area contributed by atoms with Gasteiger partial charge in [0.25, 0.3) is 0 Å². The van der Waals surface area contributed by atoms with E-state index in [0.29, 0.717) is 19.8 Å². The second kappa shape index (κ2) is 7.80. The standard InChI is InChI=1S/C19H25ClFN3O2/c20-14-9-13(3-4-15(14)21)10-18(25)24-8-5-22-16-11-26-12-17(19(16)24)23-6-1-2-7-23/h3-4,9,16-17,19,22H,1-2,5-8,10-12H2/t16-,17?,19+/m1/s1. The first-order valence-corrected chi connectivity index (χ1v) is 9.80. The molecule has 1 aromatic carbocycles. The Bertz CT molecular complexity index is 666. The molecule has 4 rings (SSSR count). The molecule has 26 heavy (non-hydrogen) atoms. The Kier molecular flexibility index (Phi) is 5.45. The van der Waals surface area contributed by atoms with Crippen molar-refractivity contribution in [2.45, 2.75) is 37.4 Å². The van der Waals surface area contributed by atoms with E-state index in [2.05, 4.69) is 10.2 Å². The van der Waals surface area contributed by atoms with Crippen LogP contribution < -0.4 is 5.32 Å². The molecule has 1 aromatic rings. The van der Waals surface area contributed by atoms with Crippen molar-refractivity contribution in [2.75, 3.05) is 39.4 Å². The summed E-state index contributed by atoms with van der Waals surface area (Å²) in [5.74, 6) is -0.376. The molecule has 0 bridgehead atoms. The van der Waals surface area contributed by atoms with Crippen molar-refractivity contribution in [2.24, 2.45) is 0 Å². The topological polar surface area (TPSA) is 44.8 Å². The number of nitrogens with zero attached hydrogens (tertiary/aromatic N) is 2. The molecule has 3 heterocycles. The van der Waals surface area contributed by atoms with Gasteiger partial charge in [-0.2, -0.15) is 0 Å². The first kappa shape index (κ1) is 18.2. The SMILES string of the molecule is O=C(Cc1ccc(F)c(Cl)c1)N1CCN[C@@H]2COCC(N3CCCC3)[C@H]21. The highest BCUT2D eigenvalue weighted by atomic mass is 35.5. The fourth-order valence-corrected chi connectivity index (χ4v) is 4.72. The third-order valence-electron chi connectivity index (χ3n) is 5.78. The summed E-state index contributed by atoms with van der Waals surface area (Å²) in [6.45, 7) is 4.93. The van der Waals surface area contributed by atoms with Crippen LogP contribution in [0.1, 0.15) is 18.4 Å². The fraction of sp³-hybridized carbons (Fsp3) is 0.632. The summed E-state index contributed by atoms with van der Waals surface area (Å²) in [7, 11) is 0. The van der Waals surface area contributed by atoms with E-state index in [-0.39, 0.29) is 35.5 Å². The zero-order valence-corrected chi connectivity index (χ0v) is 15.6. The molecule has 5 nitrogen and oxygen atoms in total. The van der Waals surface area contributed by atoms with E-state index in [1.807, 2.05) is 4.90 Å². The van der Waals surface area contributed by atoms with Gasteiger partial charge in [-0.3, -0.25) is 9.69 Å². The lowest BCUT2D eigenvalue weighted by atomic mass is 9.92. The average Bonchev–Trinajstić information content (AvgIpc) is 3.18. The van der Waals surface area contributed by atoms with Crippen LogP contribution in [0.25, 0.3) is 0 Å². The molecule has 0 saturated carbocycles. The Balaban J connectivity index is 1.52. The summed E-state index contributed by atoms with van der Waals surface area (Å²) in [5.41, 5.74) is 0.751. The summed E-state index contributed by atoms with van der Waals surface area (Å²) in [5, 5.41) is 3.59. The predicted molar refractivity (Wildman–Crippen MR) is 97.8 cm³/mol. The van der Waals surface area contributed by atoms with E-state index in [1.165, 1.54) is 18.9 Å². The molecule has 3 aliphatic rings. The quantitative estimate of drug-likeness (QED) is 0.865. The molecule has 3 atom stereocenters. The Morgan fingerprint density at radius 2 is 2.08 bits per heavy atom. The number of rotatable bonds is 3. The molecular formula is C19H25ClFN3O2. The number of hydrogen-bond acceptors (Lipinski definition) is 4. The molecule has 0 aromatic heterocycles. The van der Waals surface area contributed by atoms with Crippen molar-refractivity contribution in [3.63, 3.8) is 0 Å². The number of nitrogens with one attached hydrogen (secondary N) is 1. The number of hydrogen-bond donors (Lipinski definition) is 1. The minimum Gasteiger partial charge on any atom is -0.378 e. The van der Waals surface area contributed by atoms with Gasteiger partial charge < -0.3 is 15.0 Å². The summed E-state index contributed by atoms with van der Waals surface area (Å²) < 4.78 is 19.2. The van der Waals surface area contributed by atoms with E-state index in [4.69, 9.17) is 16.3 Å². The predicted octanol–water partition coefficient (Wildman–Crippen LogP) is 1.69. The van der Waals surface area contributed by atoms with Crippen LogP contribution >= 0.6 is 11.6 Å². The van der Waals surface area contributed by atoms with Crippen LogP contribution in [0.15, 0.2) is 18.2 Å². The number of ether oxygens (including phenoxy) is 1. The molecule has 1 N–H and O–H groups in total. The van der Waals surface area contributed by atoms with Gasteiger partial charge in [0.15, 0.2) is 0 Å². The monoisotopic (exact) mass is 381 g/mol. The normalized spacial score (nSPS) is 29.6. The van der Waals surface area contributed by atoms with Crippen LogP contribution in [0.2, 0.25) is 5.02 Å². The molecule has 3 saturated heterocycles. The number of benzene rings is 1. The van der Waals surface area contributed by atoms with Crippen LogP contribution in [0.4, 0.5) is 4.39 Å². The van der Waals surface area contributed by atoms with Crippen molar-refractivity contribution < 1.29 is 13.9 Å². The molecule has 7 heteroatoms. The molecule has 1 amide bonds. The molecule has 3 aliphatic heterocycles. The van der Waals surface area contributed by atoms with Crippen molar-refractivity contribution in [1.82, 2.24) is 15.1 Å². The summed E-state index contributed by atoms with van der Waals surface area (Å²) in [6.07, 6.45) is 2.67. The van der Waals surface area contributed by atoms with Crippen molar-refractivity contribution in [3.05, 3.63) is 34.6 Å². The van der Waals surface area contributed by atoms with E-state index in [9.17, 15) is 9.18 Å². The van der Waals surface area contributed by atoms with E-state index in [1.54, 1.807) is 12.1 Å². The highest BCUT2D eigenvalue weighted by Crippen LogP contribution is 2.26. The molecule has 0 spiro atoms. The first-order valence-electron chi connectivity index (χ1n) is 9.42. The number of carbonyl (C=O) groups excluding carboxylic acids is 1. The van der Waals surface area contributed by atoms with Crippen LogP contribution in [-0.4, -0.2) is 73.2 Å². The largest absolute Gasteiger partial charge is 0.378 e. The minimum absolute atomic E-state index is 0.0643. The Morgan fingerprint density at radius 1 is 1.27 bits per heavy atom. The fourth-order valence-electron chi connectivity index (χ4n) is 4.52. The van der Waals surface area contributed by atoms with Gasteiger partial charge in [-0.05, 0) is 43.6 Å². The maximum Gasteiger partial charge on any atom is 0.227 e. The molecule has 0 aliphatic carbocycles. The summed E-state index contributed by atoms with van der Waals surface area (Å²) in [6, 6.07) is 5.05. The van der Waals surface area contributed by atoms with Gasteiger partial charge in [0.1, 0.15) is 5.82 Å². The van der Waals surface area contributed by atoms with Crippen LogP contribution in [0.3, 0.4) is 0 Å². The second-order valence-corrected chi connectivity index (χ2v) is 7.82. The van der Waals surface area contributed by atoms with Gasteiger partial charge in [-0.15, -0.1) is 0 Å². The van der Waals surface area contributed by atoms with E-state index >= 15 is 0 Å². The number of likely N-dealkylation sites (tertiary alicyclic amines) is 1.